The van der Waals surface area contributed by atoms with Crippen molar-refractivity contribution in [2.24, 2.45) is 0 Å². The number of aliphatic hydroxyl groups excluding tert-OH is 1. The Morgan fingerprint density at radius 2 is 1.74 bits per heavy atom. The first-order chi connectivity index (χ1) is 16.8. The van der Waals surface area contributed by atoms with Gasteiger partial charge in [0.1, 0.15) is 11.5 Å². The van der Waals surface area contributed by atoms with Gasteiger partial charge in [-0.3, -0.25) is 14.5 Å². The van der Waals surface area contributed by atoms with E-state index in [1.54, 1.807) is 42.5 Å². The zero-order chi connectivity index (χ0) is 25.3. The van der Waals surface area contributed by atoms with Gasteiger partial charge in [-0.05, 0) is 62.7 Å². The molecule has 1 atom stereocenters. The van der Waals surface area contributed by atoms with Gasteiger partial charge in [0.2, 0.25) is 0 Å². The number of methoxy groups -OCH3 is 2. The minimum Gasteiger partial charge on any atom is -0.507 e. The molecule has 1 N–H and O–H groups in total. The molecule has 1 amide bonds. The number of hydrogen-bond donors (Lipinski definition) is 1. The van der Waals surface area contributed by atoms with Crippen LogP contribution in [0.1, 0.15) is 34.7 Å². The van der Waals surface area contributed by atoms with Crippen LogP contribution in [0.5, 0.6) is 17.2 Å². The summed E-state index contributed by atoms with van der Waals surface area (Å²) >= 11 is 1.32. The molecule has 0 saturated carbocycles. The summed E-state index contributed by atoms with van der Waals surface area (Å²) in [6.07, 6.45) is 0. The topological polar surface area (TPSA) is 98.2 Å². The first kappa shape index (κ1) is 24.3. The average molecular weight is 495 g/mol. The lowest BCUT2D eigenvalue weighted by Gasteiger charge is -2.23. The van der Waals surface area contributed by atoms with Crippen LogP contribution in [0.4, 0.5) is 5.13 Å². The van der Waals surface area contributed by atoms with Crippen molar-refractivity contribution in [1.29, 1.82) is 0 Å². The standard InChI is InChI=1S/C26H26N2O6S/c1-6-34-18-10-7-16(8-11-18)23(29)21-22(17-9-12-19(32-4)20(13-17)33-5)28(25(31)24(21)30)26-27-14(2)15(3)35-26/h7-13,22,29H,6H2,1-5H3/t22-/m0/s1. The maximum Gasteiger partial charge on any atom is 0.301 e. The highest BCUT2D eigenvalue weighted by Crippen LogP contribution is 2.45. The predicted octanol–water partition coefficient (Wildman–Crippen LogP) is 4.80. The van der Waals surface area contributed by atoms with Crippen molar-refractivity contribution in [3.05, 3.63) is 69.7 Å². The van der Waals surface area contributed by atoms with Crippen LogP contribution < -0.4 is 19.1 Å². The first-order valence-corrected chi connectivity index (χ1v) is 11.8. The van der Waals surface area contributed by atoms with E-state index in [0.717, 1.165) is 10.6 Å². The van der Waals surface area contributed by atoms with Crippen LogP contribution in [-0.4, -0.2) is 42.6 Å². The van der Waals surface area contributed by atoms with Crippen LogP contribution in [0, 0.1) is 13.8 Å². The number of aryl methyl sites for hydroxylation is 2. The van der Waals surface area contributed by atoms with E-state index >= 15 is 0 Å². The molecule has 1 aliphatic heterocycles. The molecule has 8 nitrogen and oxygen atoms in total. The Balaban J connectivity index is 1.92. The van der Waals surface area contributed by atoms with Gasteiger partial charge in [0, 0.05) is 10.4 Å². The molecule has 0 spiro atoms. The molecule has 1 aromatic heterocycles. The Morgan fingerprint density at radius 3 is 2.31 bits per heavy atom. The van der Waals surface area contributed by atoms with E-state index < -0.39 is 17.7 Å². The molecule has 2 heterocycles. The minimum atomic E-state index is -0.911. The normalized spacial score (nSPS) is 17.1. The van der Waals surface area contributed by atoms with E-state index in [0.29, 0.717) is 40.1 Å². The Kier molecular flexibility index (Phi) is 6.79. The Hall–Kier alpha value is -3.85. The smallest absolute Gasteiger partial charge is 0.301 e. The molecule has 0 radical (unpaired) electrons. The fourth-order valence-corrected chi connectivity index (χ4v) is 4.89. The third-order valence-electron chi connectivity index (χ3n) is 5.83. The van der Waals surface area contributed by atoms with Crippen LogP contribution in [0.2, 0.25) is 0 Å². The number of aliphatic hydroxyl groups is 1. The van der Waals surface area contributed by atoms with Crippen LogP contribution in [-0.2, 0) is 9.59 Å². The zero-order valence-corrected chi connectivity index (χ0v) is 20.9. The molecule has 0 aliphatic carbocycles. The average Bonchev–Trinajstić information content (AvgIpc) is 3.33. The number of Topliss-reactive ketones (excluding diaryl/α,β-unsaturated/α-hetero) is 1. The van der Waals surface area contributed by atoms with E-state index in [2.05, 4.69) is 4.98 Å². The number of rotatable bonds is 7. The quantitative estimate of drug-likeness (QED) is 0.286. The maximum atomic E-state index is 13.3. The molecule has 1 fully saturated rings. The molecule has 1 saturated heterocycles. The lowest BCUT2D eigenvalue weighted by atomic mass is 9.95. The second-order valence-electron chi connectivity index (χ2n) is 7.88. The van der Waals surface area contributed by atoms with Crippen molar-refractivity contribution in [3.63, 3.8) is 0 Å². The van der Waals surface area contributed by atoms with Crippen molar-refractivity contribution in [2.75, 3.05) is 25.7 Å². The summed E-state index contributed by atoms with van der Waals surface area (Å²) in [5.74, 6) is -0.259. The third-order valence-corrected chi connectivity index (χ3v) is 6.90. The van der Waals surface area contributed by atoms with Crippen LogP contribution in [0.25, 0.3) is 5.76 Å². The van der Waals surface area contributed by atoms with Crippen molar-refractivity contribution in [3.8, 4) is 17.2 Å². The maximum absolute atomic E-state index is 13.3. The number of ketones is 1. The number of carbonyl (C=O) groups is 2. The van der Waals surface area contributed by atoms with Gasteiger partial charge in [-0.1, -0.05) is 6.07 Å². The Labute approximate surface area is 207 Å². The molecule has 3 aromatic rings. The number of anilines is 1. The molecule has 0 unspecified atom stereocenters. The van der Waals surface area contributed by atoms with Gasteiger partial charge in [-0.25, -0.2) is 4.98 Å². The highest BCUT2D eigenvalue weighted by molar-refractivity contribution is 7.16. The van der Waals surface area contributed by atoms with Crippen LogP contribution in [0.15, 0.2) is 48.0 Å². The van der Waals surface area contributed by atoms with Gasteiger partial charge in [0.05, 0.1) is 38.1 Å². The summed E-state index contributed by atoms with van der Waals surface area (Å²) in [7, 11) is 3.03. The van der Waals surface area contributed by atoms with Gasteiger partial charge in [0.25, 0.3) is 5.78 Å². The van der Waals surface area contributed by atoms with E-state index in [4.69, 9.17) is 14.2 Å². The summed E-state index contributed by atoms with van der Waals surface area (Å²) in [5, 5.41) is 11.7. The number of aromatic nitrogens is 1. The molecule has 0 bridgehead atoms. The largest absolute Gasteiger partial charge is 0.507 e. The van der Waals surface area contributed by atoms with Crippen molar-refractivity contribution >= 4 is 33.9 Å². The monoisotopic (exact) mass is 494 g/mol. The molecule has 182 valence electrons. The summed E-state index contributed by atoms with van der Waals surface area (Å²) < 4.78 is 16.3. The highest BCUT2D eigenvalue weighted by Gasteiger charge is 2.48. The SMILES string of the molecule is CCOc1ccc(C(O)=C2C(=O)C(=O)N(c3nc(C)c(C)s3)[C@H]2c2ccc(OC)c(OC)c2)cc1. The fourth-order valence-electron chi connectivity index (χ4n) is 3.96. The van der Waals surface area contributed by atoms with Crippen molar-refractivity contribution in [1.82, 2.24) is 4.98 Å². The molecule has 9 heteroatoms. The molecular formula is C26H26N2O6S. The van der Waals surface area contributed by atoms with Crippen LogP contribution >= 0.6 is 11.3 Å². The summed E-state index contributed by atoms with van der Waals surface area (Å²) in [5.41, 5.74) is 1.70. The summed E-state index contributed by atoms with van der Waals surface area (Å²) in [4.78, 5) is 33.4. The Bertz CT molecular complexity index is 1290. The van der Waals surface area contributed by atoms with Gasteiger partial charge in [0.15, 0.2) is 16.6 Å². The summed E-state index contributed by atoms with van der Waals surface area (Å²) in [6.45, 7) is 6.12. The van der Waals surface area contributed by atoms with Gasteiger partial charge < -0.3 is 19.3 Å². The number of nitrogens with zero attached hydrogens (tertiary/aromatic N) is 2. The summed E-state index contributed by atoms with van der Waals surface area (Å²) in [6, 6.07) is 10.9. The van der Waals surface area contributed by atoms with E-state index in [-0.39, 0.29) is 11.3 Å². The third kappa shape index (κ3) is 4.35. The number of amides is 1. The van der Waals surface area contributed by atoms with Crippen molar-refractivity contribution < 1.29 is 28.9 Å². The Morgan fingerprint density at radius 1 is 1.06 bits per heavy atom. The number of hydrogen-bond acceptors (Lipinski definition) is 8. The molecule has 35 heavy (non-hydrogen) atoms. The molecule has 4 rings (SSSR count). The zero-order valence-electron chi connectivity index (χ0n) is 20.1. The number of ether oxygens (including phenoxy) is 3. The predicted molar refractivity (Wildman–Crippen MR) is 134 cm³/mol. The van der Waals surface area contributed by atoms with E-state index in [1.807, 2.05) is 20.8 Å². The van der Waals surface area contributed by atoms with Crippen molar-refractivity contribution in [2.45, 2.75) is 26.8 Å². The van der Waals surface area contributed by atoms with E-state index in [9.17, 15) is 14.7 Å². The number of carbonyl (C=O) groups excluding carboxylic acids is 2. The fraction of sp³-hybridized carbons (Fsp3) is 0.269. The lowest BCUT2D eigenvalue weighted by Crippen LogP contribution is -2.29. The second-order valence-corrected chi connectivity index (χ2v) is 9.06. The minimum absolute atomic E-state index is 0.0307. The molecule has 1 aliphatic rings. The number of thiazole rings is 1. The lowest BCUT2D eigenvalue weighted by molar-refractivity contribution is -0.132. The first-order valence-electron chi connectivity index (χ1n) is 11.0. The van der Waals surface area contributed by atoms with Crippen LogP contribution in [0.3, 0.4) is 0 Å². The van der Waals surface area contributed by atoms with Gasteiger partial charge in [-0.2, -0.15) is 0 Å². The van der Waals surface area contributed by atoms with E-state index in [1.165, 1.54) is 30.5 Å². The molecule has 2 aromatic carbocycles. The molecular weight excluding hydrogens is 468 g/mol. The highest BCUT2D eigenvalue weighted by atomic mass is 32.1. The van der Waals surface area contributed by atoms with Gasteiger partial charge in [-0.15, -0.1) is 11.3 Å². The number of benzene rings is 2. The van der Waals surface area contributed by atoms with Gasteiger partial charge >= 0.3 is 5.91 Å². The second kappa shape index (κ2) is 9.79.